The molecule has 1 saturated carbocycles. The summed E-state index contributed by atoms with van der Waals surface area (Å²) in [5, 5.41) is 0. The molecule has 0 bridgehead atoms. The zero-order chi connectivity index (χ0) is 15.9. The van der Waals surface area contributed by atoms with Crippen LogP contribution in [0.5, 0.6) is 0 Å². The normalized spacial score (nSPS) is 27.3. The zero-order valence-corrected chi connectivity index (χ0v) is 13.8. The number of nitrogen functional groups attached to an aromatic ring is 1. The highest BCUT2D eigenvalue weighted by atomic mass is 16.2. The molecule has 2 N–H and O–H groups in total. The topological polar surface area (TPSA) is 72.1 Å². The Bertz CT molecular complexity index is 584. The van der Waals surface area contributed by atoms with E-state index < -0.39 is 0 Å². The summed E-state index contributed by atoms with van der Waals surface area (Å²) in [4.78, 5) is 23.3. The van der Waals surface area contributed by atoms with Crippen LogP contribution in [0.1, 0.15) is 51.3 Å². The SMILES string of the molecule is CC1CC(C(=O)N2CCc3cnc(N)nc3C2)CC(C)(C)C1. The zero-order valence-electron chi connectivity index (χ0n) is 13.8. The highest BCUT2D eigenvalue weighted by Crippen LogP contribution is 2.42. The molecule has 2 atom stereocenters. The molecule has 0 spiro atoms. The molecule has 2 unspecified atom stereocenters. The summed E-state index contributed by atoms with van der Waals surface area (Å²) in [5.74, 6) is 1.36. The number of rotatable bonds is 1. The summed E-state index contributed by atoms with van der Waals surface area (Å²) in [5.41, 5.74) is 7.97. The number of fused-ring (bicyclic) bond motifs is 1. The van der Waals surface area contributed by atoms with Gasteiger partial charge in [-0.15, -0.1) is 0 Å². The second kappa shape index (κ2) is 5.52. The number of hydrogen-bond donors (Lipinski definition) is 1. The minimum atomic E-state index is 0.152. The van der Waals surface area contributed by atoms with Crippen molar-refractivity contribution in [3.8, 4) is 0 Å². The third-order valence-corrected chi connectivity index (χ3v) is 5.01. The van der Waals surface area contributed by atoms with E-state index >= 15 is 0 Å². The molecule has 0 saturated heterocycles. The lowest BCUT2D eigenvalue weighted by molar-refractivity contribution is -0.139. The van der Waals surface area contributed by atoms with Crippen molar-refractivity contribution >= 4 is 11.9 Å². The molecule has 120 valence electrons. The molecular formula is C17H26N4O. The average Bonchev–Trinajstić information content (AvgIpc) is 2.43. The van der Waals surface area contributed by atoms with Gasteiger partial charge in [0.2, 0.25) is 11.9 Å². The minimum Gasteiger partial charge on any atom is -0.368 e. The number of carbonyl (C=O) groups excluding carboxylic acids is 1. The van der Waals surface area contributed by atoms with Crippen LogP contribution in [-0.2, 0) is 17.8 Å². The van der Waals surface area contributed by atoms with Gasteiger partial charge in [0.05, 0.1) is 12.2 Å². The molecule has 1 fully saturated rings. The number of carbonyl (C=O) groups is 1. The molecule has 1 amide bonds. The lowest BCUT2D eigenvalue weighted by Gasteiger charge is -2.40. The number of anilines is 1. The summed E-state index contributed by atoms with van der Waals surface area (Å²) in [6, 6.07) is 0. The van der Waals surface area contributed by atoms with Crippen LogP contribution in [0.2, 0.25) is 0 Å². The van der Waals surface area contributed by atoms with Gasteiger partial charge in [0.1, 0.15) is 0 Å². The third kappa shape index (κ3) is 3.08. The van der Waals surface area contributed by atoms with E-state index in [1.165, 1.54) is 6.42 Å². The first-order valence-electron chi connectivity index (χ1n) is 8.23. The second-order valence-corrected chi connectivity index (χ2v) is 7.82. The molecule has 22 heavy (non-hydrogen) atoms. The fourth-order valence-corrected chi connectivity index (χ4v) is 4.30. The third-order valence-electron chi connectivity index (χ3n) is 5.01. The Kier molecular flexibility index (Phi) is 3.83. The van der Waals surface area contributed by atoms with Crippen molar-refractivity contribution in [3.05, 3.63) is 17.5 Å². The van der Waals surface area contributed by atoms with E-state index in [0.717, 1.165) is 37.1 Å². The Balaban J connectivity index is 1.73. The van der Waals surface area contributed by atoms with Crippen molar-refractivity contribution in [1.82, 2.24) is 14.9 Å². The van der Waals surface area contributed by atoms with Gasteiger partial charge in [0, 0.05) is 18.7 Å². The molecule has 5 heteroatoms. The van der Waals surface area contributed by atoms with E-state index in [1.807, 2.05) is 4.90 Å². The quantitative estimate of drug-likeness (QED) is 0.864. The first kappa shape index (κ1) is 15.3. The number of amides is 1. The number of aromatic nitrogens is 2. The van der Waals surface area contributed by atoms with Gasteiger partial charge in [-0.2, -0.15) is 0 Å². The van der Waals surface area contributed by atoms with Crippen molar-refractivity contribution < 1.29 is 4.79 Å². The predicted octanol–water partition coefficient (Wildman–Crippen LogP) is 2.41. The lowest BCUT2D eigenvalue weighted by atomic mass is 9.67. The Morgan fingerprint density at radius 3 is 2.91 bits per heavy atom. The Morgan fingerprint density at radius 1 is 1.41 bits per heavy atom. The Hall–Kier alpha value is -1.65. The maximum atomic E-state index is 12.9. The number of hydrogen-bond acceptors (Lipinski definition) is 4. The van der Waals surface area contributed by atoms with E-state index in [4.69, 9.17) is 5.73 Å². The monoisotopic (exact) mass is 302 g/mol. The molecular weight excluding hydrogens is 276 g/mol. The van der Waals surface area contributed by atoms with Crippen LogP contribution in [0.3, 0.4) is 0 Å². The van der Waals surface area contributed by atoms with Crippen molar-refractivity contribution in [2.75, 3.05) is 12.3 Å². The maximum absolute atomic E-state index is 12.9. The molecule has 1 aliphatic carbocycles. The number of nitrogens with zero attached hydrogens (tertiary/aromatic N) is 3. The van der Waals surface area contributed by atoms with Crippen LogP contribution in [0.25, 0.3) is 0 Å². The maximum Gasteiger partial charge on any atom is 0.226 e. The van der Waals surface area contributed by atoms with Crippen LogP contribution in [0, 0.1) is 17.3 Å². The minimum absolute atomic E-state index is 0.152. The summed E-state index contributed by atoms with van der Waals surface area (Å²) in [6.07, 6.45) is 5.84. The lowest BCUT2D eigenvalue weighted by Crippen LogP contribution is -2.43. The van der Waals surface area contributed by atoms with Gasteiger partial charge in [-0.25, -0.2) is 9.97 Å². The second-order valence-electron chi connectivity index (χ2n) is 7.82. The van der Waals surface area contributed by atoms with Crippen molar-refractivity contribution in [2.45, 2.75) is 53.0 Å². The molecule has 0 radical (unpaired) electrons. The summed E-state index contributed by atoms with van der Waals surface area (Å²) in [7, 11) is 0. The molecule has 3 rings (SSSR count). The van der Waals surface area contributed by atoms with Crippen LogP contribution >= 0.6 is 0 Å². The molecule has 2 heterocycles. The van der Waals surface area contributed by atoms with Crippen LogP contribution < -0.4 is 5.73 Å². The Morgan fingerprint density at radius 2 is 2.18 bits per heavy atom. The van der Waals surface area contributed by atoms with Gasteiger partial charge in [-0.1, -0.05) is 20.8 Å². The van der Waals surface area contributed by atoms with Gasteiger partial charge in [-0.05, 0) is 42.6 Å². The van der Waals surface area contributed by atoms with Crippen LogP contribution in [0.4, 0.5) is 5.95 Å². The van der Waals surface area contributed by atoms with E-state index in [1.54, 1.807) is 6.20 Å². The predicted molar refractivity (Wildman–Crippen MR) is 85.9 cm³/mol. The summed E-state index contributed by atoms with van der Waals surface area (Å²) >= 11 is 0. The first-order chi connectivity index (χ1) is 10.3. The number of nitrogens with two attached hydrogens (primary N) is 1. The highest BCUT2D eigenvalue weighted by Gasteiger charge is 2.37. The van der Waals surface area contributed by atoms with Gasteiger partial charge < -0.3 is 10.6 Å². The largest absolute Gasteiger partial charge is 0.368 e. The summed E-state index contributed by atoms with van der Waals surface area (Å²) in [6.45, 7) is 8.17. The Labute approximate surface area is 132 Å². The molecule has 1 aliphatic heterocycles. The van der Waals surface area contributed by atoms with E-state index in [0.29, 0.717) is 24.3 Å². The van der Waals surface area contributed by atoms with Gasteiger partial charge in [0.15, 0.2) is 0 Å². The van der Waals surface area contributed by atoms with Crippen molar-refractivity contribution in [2.24, 2.45) is 17.3 Å². The van der Waals surface area contributed by atoms with E-state index in [2.05, 4.69) is 30.7 Å². The highest BCUT2D eigenvalue weighted by molar-refractivity contribution is 5.79. The van der Waals surface area contributed by atoms with Gasteiger partial charge >= 0.3 is 0 Å². The average molecular weight is 302 g/mol. The van der Waals surface area contributed by atoms with E-state index in [-0.39, 0.29) is 11.3 Å². The standard InChI is InChI=1S/C17H26N4O/c1-11-6-13(8-17(2,3)7-11)15(22)21-5-4-12-9-19-16(18)20-14(12)10-21/h9,11,13H,4-8,10H2,1-3H3,(H2,18,19,20). The molecule has 5 nitrogen and oxygen atoms in total. The molecule has 2 aliphatic rings. The fourth-order valence-electron chi connectivity index (χ4n) is 4.30. The smallest absolute Gasteiger partial charge is 0.226 e. The van der Waals surface area contributed by atoms with E-state index in [9.17, 15) is 4.79 Å². The van der Waals surface area contributed by atoms with Crippen molar-refractivity contribution in [3.63, 3.8) is 0 Å². The summed E-state index contributed by atoms with van der Waals surface area (Å²) < 4.78 is 0. The molecule has 1 aromatic rings. The van der Waals surface area contributed by atoms with Crippen LogP contribution in [0.15, 0.2) is 6.20 Å². The first-order valence-corrected chi connectivity index (χ1v) is 8.23. The molecule has 1 aromatic heterocycles. The fraction of sp³-hybridized carbons (Fsp3) is 0.706. The van der Waals surface area contributed by atoms with Gasteiger partial charge in [0.25, 0.3) is 0 Å². The van der Waals surface area contributed by atoms with Gasteiger partial charge in [-0.3, -0.25) is 4.79 Å². The van der Waals surface area contributed by atoms with Crippen LogP contribution in [-0.4, -0.2) is 27.3 Å². The molecule has 0 aromatic carbocycles. The van der Waals surface area contributed by atoms with Crippen molar-refractivity contribution in [1.29, 1.82) is 0 Å².